The molecule has 4 N–H and O–H groups in total. The molecule has 0 aliphatic carbocycles. The number of fused-ring (bicyclic) bond motifs is 1. The molecule has 88 valence electrons. The van der Waals surface area contributed by atoms with Crippen LogP contribution in [0, 0.1) is 0 Å². The van der Waals surface area contributed by atoms with Gasteiger partial charge in [-0.2, -0.15) is 0 Å². The van der Waals surface area contributed by atoms with Crippen molar-refractivity contribution >= 4 is 15.9 Å². The molecule has 1 heterocycles. The van der Waals surface area contributed by atoms with E-state index in [9.17, 15) is 0 Å². The Morgan fingerprint density at radius 3 is 2.81 bits per heavy atom. The first-order valence-corrected chi connectivity index (χ1v) is 6.06. The average Bonchev–Trinajstić information content (AvgIpc) is 2.53. The van der Waals surface area contributed by atoms with Gasteiger partial charge in [-0.3, -0.25) is 0 Å². The maximum Gasteiger partial charge on any atom is 0.175 e. The predicted octanol–water partition coefficient (Wildman–Crippen LogP) is 1.57. The van der Waals surface area contributed by atoms with Crippen molar-refractivity contribution in [3.8, 4) is 11.5 Å². The maximum atomic E-state index is 5.89. The van der Waals surface area contributed by atoms with Gasteiger partial charge in [0.15, 0.2) is 11.5 Å². The fourth-order valence-corrected chi connectivity index (χ4v) is 2.18. The topological polar surface area (TPSA) is 70.5 Å². The molecule has 2 rings (SSSR count). The number of rotatable bonds is 2. The Morgan fingerprint density at radius 2 is 2.06 bits per heavy atom. The van der Waals surface area contributed by atoms with Gasteiger partial charge < -0.3 is 20.9 Å². The summed E-state index contributed by atoms with van der Waals surface area (Å²) in [7, 11) is 0. The van der Waals surface area contributed by atoms with Crippen LogP contribution in [-0.4, -0.2) is 19.8 Å². The van der Waals surface area contributed by atoms with E-state index in [-0.39, 0.29) is 6.04 Å². The summed E-state index contributed by atoms with van der Waals surface area (Å²) in [5, 5.41) is 0. The molecule has 0 spiro atoms. The second kappa shape index (κ2) is 5.03. The summed E-state index contributed by atoms with van der Waals surface area (Å²) in [5.41, 5.74) is 12.4. The Morgan fingerprint density at radius 1 is 1.31 bits per heavy atom. The molecular formula is C11H15BrN2O2. The van der Waals surface area contributed by atoms with Crippen LogP contribution in [0.5, 0.6) is 11.5 Å². The van der Waals surface area contributed by atoms with Gasteiger partial charge in [-0.1, -0.05) is 0 Å². The molecule has 4 nitrogen and oxygen atoms in total. The van der Waals surface area contributed by atoms with Crippen LogP contribution in [-0.2, 0) is 0 Å². The molecule has 1 aliphatic rings. The highest BCUT2D eigenvalue weighted by Gasteiger charge is 2.17. The smallest absolute Gasteiger partial charge is 0.175 e. The minimum absolute atomic E-state index is 0.173. The fourth-order valence-electron chi connectivity index (χ4n) is 1.60. The van der Waals surface area contributed by atoms with Crippen LogP contribution in [0.15, 0.2) is 16.6 Å². The molecule has 16 heavy (non-hydrogen) atoms. The van der Waals surface area contributed by atoms with E-state index in [0.29, 0.717) is 19.8 Å². The van der Waals surface area contributed by atoms with E-state index >= 15 is 0 Å². The van der Waals surface area contributed by atoms with Crippen LogP contribution < -0.4 is 20.9 Å². The van der Waals surface area contributed by atoms with Crippen molar-refractivity contribution in [1.82, 2.24) is 0 Å². The summed E-state index contributed by atoms with van der Waals surface area (Å²) >= 11 is 3.46. The first kappa shape index (κ1) is 11.7. The Bertz CT molecular complexity index is 384. The highest BCUT2D eigenvalue weighted by Crippen LogP contribution is 2.39. The third-order valence-corrected chi connectivity index (χ3v) is 3.10. The monoisotopic (exact) mass is 286 g/mol. The molecule has 0 saturated heterocycles. The SMILES string of the molecule is NCC(N)c1cc(Br)c2c(c1)OCCCO2. The van der Waals surface area contributed by atoms with Crippen molar-refractivity contribution in [2.24, 2.45) is 11.5 Å². The van der Waals surface area contributed by atoms with Crippen LogP contribution in [0.3, 0.4) is 0 Å². The highest BCUT2D eigenvalue weighted by atomic mass is 79.9. The Balaban J connectivity index is 2.39. The van der Waals surface area contributed by atoms with Gasteiger partial charge in [0.2, 0.25) is 0 Å². The molecule has 0 radical (unpaired) electrons. The van der Waals surface area contributed by atoms with E-state index in [1.807, 2.05) is 12.1 Å². The lowest BCUT2D eigenvalue weighted by atomic mass is 10.1. The molecule has 1 aliphatic heterocycles. The van der Waals surface area contributed by atoms with Crippen molar-refractivity contribution in [1.29, 1.82) is 0 Å². The number of ether oxygens (including phenoxy) is 2. The zero-order valence-electron chi connectivity index (χ0n) is 8.91. The zero-order valence-corrected chi connectivity index (χ0v) is 10.5. The molecule has 0 fully saturated rings. The fraction of sp³-hybridized carbons (Fsp3) is 0.455. The predicted molar refractivity (Wildman–Crippen MR) is 65.7 cm³/mol. The van der Waals surface area contributed by atoms with E-state index in [2.05, 4.69) is 15.9 Å². The summed E-state index contributed by atoms with van der Waals surface area (Å²) < 4.78 is 12.1. The maximum absolute atomic E-state index is 5.89. The number of nitrogens with two attached hydrogens (primary N) is 2. The molecule has 1 unspecified atom stereocenters. The van der Waals surface area contributed by atoms with Crippen LogP contribution in [0.4, 0.5) is 0 Å². The van der Waals surface area contributed by atoms with Crippen LogP contribution in [0.25, 0.3) is 0 Å². The average molecular weight is 287 g/mol. The third-order valence-electron chi connectivity index (χ3n) is 2.51. The van der Waals surface area contributed by atoms with Gasteiger partial charge in [-0.05, 0) is 33.6 Å². The molecule has 0 saturated carbocycles. The third kappa shape index (κ3) is 2.31. The normalized spacial score (nSPS) is 16.7. The van der Waals surface area contributed by atoms with E-state index in [0.717, 1.165) is 28.0 Å². The second-order valence-electron chi connectivity index (χ2n) is 3.72. The van der Waals surface area contributed by atoms with Crippen LogP contribution >= 0.6 is 15.9 Å². The quantitative estimate of drug-likeness (QED) is 0.866. The van der Waals surface area contributed by atoms with Gasteiger partial charge in [0.1, 0.15) is 0 Å². The van der Waals surface area contributed by atoms with Gasteiger partial charge in [-0.15, -0.1) is 0 Å². The van der Waals surface area contributed by atoms with E-state index in [1.54, 1.807) is 0 Å². The van der Waals surface area contributed by atoms with Crippen molar-refractivity contribution in [3.05, 3.63) is 22.2 Å². The first-order valence-electron chi connectivity index (χ1n) is 5.27. The van der Waals surface area contributed by atoms with Gasteiger partial charge in [0, 0.05) is 19.0 Å². The summed E-state index contributed by atoms with van der Waals surface area (Å²) in [5.74, 6) is 1.50. The summed E-state index contributed by atoms with van der Waals surface area (Å²) in [6, 6.07) is 3.67. The molecule has 5 heteroatoms. The van der Waals surface area contributed by atoms with E-state index in [4.69, 9.17) is 20.9 Å². The van der Waals surface area contributed by atoms with Gasteiger partial charge >= 0.3 is 0 Å². The van der Waals surface area contributed by atoms with Crippen molar-refractivity contribution in [3.63, 3.8) is 0 Å². The minimum atomic E-state index is -0.173. The Hall–Kier alpha value is -0.780. The van der Waals surface area contributed by atoms with E-state index < -0.39 is 0 Å². The molecule has 0 bridgehead atoms. The number of hydrogen-bond donors (Lipinski definition) is 2. The largest absolute Gasteiger partial charge is 0.490 e. The second-order valence-corrected chi connectivity index (χ2v) is 4.58. The highest BCUT2D eigenvalue weighted by molar-refractivity contribution is 9.10. The lowest BCUT2D eigenvalue weighted by Crippen LogP contribution is -2.20. The lowest BCUT2D eigenvalue weighted by molar-refractivity contribution is 0.296. The molecular weight excluding hydrogens is 272 g/mol. The number of benzene rings is 1. The standard InChI is InChI=1S/C11H15BrN2O2/c12-8-4-7(9(14)6-13)5-10-11(8)16-3-1-2-15-10/h4-5,9H,1-3,6,13-14H2. The van der Waals surface area contributed by atoms with Crippen LogP contribution in [0.1, 0.15) is 18.0 Å². The van der Waals surface area contributed by atoms with Crippen LogP contribution in [0.2, 0.25) is 0 Å². The van der Waals surface area contributed by atoms with Gasteiger partial charge in [0.05, 0.1) is 17.7 Å². The molecule has 1 aromatic carbocycles. The molecule has 1 aromatic rings. The van der Waals surface area contributed by atoms with Crippen molar-refractivity contribution < 1.29 is 9.47 Å². The zero-order chi connectivity index (χ0) is 11.5. The first-order chi connectivity index (χ1) is 7.72. The molecule has 0 amide bonds. The van der Waals surface area contributed by atoms with E-state index in [1.165, 1.54) is 0 Å². The Kier molecular flexibility index (Phi) is 3.68. The van der Waals surface area contributed by atoms with Gasteiger partial charge in [0.25, 0.3) is 0 Å². The summed E-state index contributed by atoms with van der Waals surface area (Å²) in [4.78, 5) is 0. The lowest BCUT2D eigenvalue weighted by Gasteiger charge is -2.14. The minimum Gasteiger partial charge on any atom is -0.490 e. The van der Waals surface area contributed by atoms with Crippen molar-refractivity contribution in [2.75, 3.05) is 19.8 Å². The number of hydrogen-bond acceptors (Lipinski definition) is 4. The van der Waals surface area contributed by atoms with Gasteiger partial charge in [-0.25, -0.2) is 0 Å². The van der Waals surface area contributed by atoms with Crippen molar-refractivity contribution in [2.45, 2.75) is 12.5 Å². The summed E-state index contributed by atoms with van der Waals surface area (Å²) in [6.45, 7) is 1.75. The Labute approximate surface area is 103 Å². The summed E-state index contributed by atoms with van der Waals surface area (Å²) in [6.07, 6.45) is 0.888. The molecule has 0 aromatic heterocycles. The number of halogens is 1. The molecule has 1 atom stereocenters.